The van der Waals surface area contributed by atoms with Crippen LogP contribution in [-0.4, -0.2) is 41.9 Å². The lowest BCUT2D eigenvalue weighted by atomic mass is 9.96. The highest BCUT2D eigenvalue weighted by Crippen LogP contribution is 2.29. The Labute approximate surface area is 157 Å². The van der Waals surface area contributed by atoms with E-state index in [0.29, 0.717) is 36.2 Å². The van der Waals surface area contributed by atoms with Crippen molar-refractivity contribution >= 4 is 11.8 Å². The molecule has 0 radical (unpaired) electrons. The van der Waals surface area contributed by atoms with Crippen molar-refractivity contribution < 1.29 is 14.3 Å². The van der Waals surface area contributed by atoms with Crippen LogP contribution >= 0.6 is 0 Å². The molecule has 7 nitrogen and oxygen atoms in total. The van der Waals surface area contributed by atoms with Gasteiger partial charge in [-0.1, -0.05) is 12.1 Å². The maximum Gasteiger partial charge on any atom is 0.253 e. The number of carbonyl (C=O) groups excluding carboxylic acids is 2. The summed E-state index contributed by atoms with van der Waals surface area (Å²) in [6, 6.07) is 10.9. The molecule has 1 atom stereocenters. The number of likely N-dealkylation sites (tertiary alicyclic amines) is 1. The van der Waals surface area contributed by atoms with Gasteiger partial charge in [-0.15, -0.1) is 0 Å². The molecule has 1 aliphatic rings. The van der Waals surface area contributed by atoms with Crippen molar-refractivity contribution in [2.45, 2.75) is 12.8 Å². The Kier molecular flexibility index (Phi) is 5.36. The molecule has 1 fully saturated rings. The largest absolute Gasteiger partial charge is 0.480 e. The van der Waals surface area contributed by atoms with Crippen molar-refractivity contribution in [3.05, 3.63) is 47.7 Å². The van der Waals surface area contributed by atoms with Crippen molar-refractivity contribution in [3.8, 4) is 23.1 Å². The zero-order valence-corrected chi connectivity index (χ0v) is 15.0. The topological polar surface area (TPSA) is 109 Å². The van der Waals surface area contributed by atoms with Gasteiger partial charge in [0.1, 0.15) is 11.6 Å². The summed E-state index contributed by atoms with van der Waals surface area (Å²) >= 11 is 0. The fraction of sp³-hybridized carbons (Fsp3) is 0.300. The van der Waals surface area contributed by atoms with E-state index in [1.807, 2.05) is 6.07 Å². The van der Waals surface area contributed by atoms with Gasteiger partial charge in [0.2, 0.25) is 11.8 Å². The van der Waals surface area contributed by atoms with Crippen molar-refractivity contribution in [2.24, 2.45) is 11.7 Å². The van der Waals surface area contributed by atoms with E-state index >= 15 is 0 Å². The molecular weight excluding hydrogens is 344 g/mol. The van der Waals surface area contributed by atoms with Gasteiger partial charge >= 0.3 is 0 Å². The van der Waals surface area contributed by atoms with Gasteiger partial charge in [-0.2, -0.15) is 5.26 Å². The molecule has 2 aromatic rings. The number of nitrogens with two attached hydrogens (primary N) is 1. The highest BCUT2D eigenvalue weighted by Gasteiger charge is 2.27. The molecule has 0 aliphatic carbocycles. The molecule has 1 aromatic carbocycles. The third kappa shape index (κ3) is 3.75. The Bertz CT molecular complexity index is 920. The molecule has 0 saturated carbocycles. The van der Waals surface area contributed by atoms with E-state index in [1.54, 1.807) is 35.4 Å². The SMILES string of the molecule is COc1nccc(-c2cccc(C(=O)N3CCCC(C(N)=O)C3)c2)c1C#N. The number of amides is 2. The number of pyridine rings is 1. The van der Waals surface area contributed by atoms with Gasteiger partial charge < -0.3 is 15.4 Å². The average Bonchev–Trinajstić information content (AvgIpc) is 2.72. The van der Waals surface area contributed by atoms with Crippen molar-refractivity contribution in [3.63, 3.8) is 0 Å². The van der Waals surface area contributed by atoms with Gasteiger partial charge in [0, 0.05) is 30.4 Å². The number of piperidine rings is 1. The zero-order valence-electron chi connectivity index (χ0n) is 15.0. The van der Waals surface area contributed by atoms with Crippen LogP contribution in [0.5, 0.6) is 5.88 Å². The Morgan fingerprint density at radius 3 is 2.89 bits per heavy atom. The van der Waals surface area contributed by atoms with Gasteiger partial charge in [0.05, 0.1) is 13.0 Å². The van der Waals surface area contributed by atoms with Crippen molar-refractivity contribution in [2.75, 3.05) is 20.2 Å². The Morgan fingerprint density at radius 1 is 1.37 bits per heavy atom. The van der Waals surface area contributed by atoms with E-state index < -0.39 is 0 Å². The molecule has 2 heterocycles. The number of rotatable bonds is 4. The number of benzene rings is 1. The number of nitrogens with zero attached hydrogens (tertiary/aromatic N) is 3. The van der Waals surface area contributed by atoms with Crippen LogP contribution in [0.15, 0.2) is 36.5 Å². The second-order valence-corrected chi connectivity index (χ2v) is 6.43. The van der Waals surface area contributed by atoms with Gasteiger partial charge in [-0.3, -0.25) is 9.59 Å². The normalized spacial score (nSPS) is 16.4. The van der Waals surface area contributed by atoms with Gasteiger partial charge in [-0.05, 0) is 36.6 Å². The average molecular weight is 364 g/mol. The maximum absolute atomic E-state index is 12.9. The Balaban J connectivity index is 1.92. The number of ether oxygens (including phenoxy) is 1. The van der Waals surface area contributed by atoms with Crippen LogP contribution in [0.4, 0.5) is 0 Å². The molecule has 1 saturated heterocycles. The van der Waals surface area contributed by atoms with E-state index in [2.05, 4.69) is 11.1 Å². The summed E-state index contributed by atoms with van der Waals surface area (Å²) in [5.41, 5.74) is 7.59. The van der Waals surface area contributed by atoms with Crippen LogP contribution in [-0.2, 0) is 4.79 Å². The molecule has 3 rings (SSSR count). The number of hydrogen-bond acceptors (Lipinski definition) is 5. The summed E-state index contributed by atoms with van der Waals surface area (Å²) in [5, 5.41) is 9.47. The molecular formula is C20H20N4O3. The van der Waals surface area contributed by atoms with E-state index in [9.17, 15) is 14.9 Å². The van der Waals surface area contributed by atoms with E-state index in [1.165, 1.54) is 7.11 Å². The van der Waals surface area contributed by atoms with Gasteiger partial charge in [0.15, 0.2) is 0 Å². The van der Waals surface area contributed by atoms with E-state index in [-0.39, 0.29) is 23.6 Å². The molecule has 1 unspecified atom stereocenters. The molecule has 2 N–H and O–H groups in total. The lowest BCUT2D eigenvalue weighted by Gasteiger charge is -2.31. The van der Waals surface area contributed by atoms with Crippen LogP contribution in [0.1, 0.15) is 28.8 Å². The molecule has 0 spiro atoms. The summed E-state index contributed by atoms with van der Waals surface area (Å²) in [4.78, 5) is 30.1. The third-order valence-electron chi connectivity index (χ3n) is 4.75. The lowest BCUT2D eigenvalue weighted by molar-refractivity contribution is -0.123. The second-order valence-electron chi connectivity index (χ2n) is 6.43. The van der Waals surface area contributed by atoms with Crippen LogP contribution < -0.4 is 10.5 Å². The quantitative estimate of drug-likeness (QED) is 0.892. The lowest BCUT2D eigenvalue weighted by Crippen LogP contribution is -2.44. The summed E-state index contributed by atoms with van der Waals surface area (Å²) in [6.07, 6.45) is 3.02. The van der Waals surface area contributed by atoms with Crippen molar-refractivity contribution in [1.82, 2.24) is 9.88 Å². The zero-order chi connectivity index (χ0) is 19.4. The Hall–Kier alpha value is -3.40. The number of nitriles is 1. The smallest absolute Gasteiger partial charge is 0.253 e. The molecule has 0 bridgehead atoms. The summed E-state index contributed by atoms with van der Waals surface area (Å²) < 4.78 is 5.15. The molecule has 1 aromatic heterocycles. The minimum absolute atomic E-state index is 0.151. The fourth-order valence-corrected chi connectivity index (χ4v) is 3.34. The highest BCUT2D eigenvalue weighted by atomic mass is 16.5. The predicted molar refractivity (Wildman–Crippen MR) is 98.8 cm³/mol. The van der Waals surface area contributed by atoms with E-state index in [0.717, 1.165) is 12.0 Å². The minimum atomic E-state index is -0.371. The first kappa shape index (κ1) is 18.4. The number of aromatic nitrogens is 1. The fourth-order valence-electron chi connectivity index (χ4n) is 3.34. The first-order valence-electron chi connectivity index (χ1n) is 8.67. The Morgan fingerprint density at radius 2 is 2.19 bits per heavy atom. The first-order valence-corrected chi connectivity index (χ1v) is 8.67. The number of hydrogen-bond donors (Lipinski definition) is 1. The summed E-state index contributed by atoms with van der Waals surface area (Å²) in [6.45, 7) is 0.935. The third-order valence-corrected chi connectivity index (χ3v) is 4.75. The second kappa shape index (κ2) is 7.87. The number of primary amides is 1. The van der Waals surface area contributed by atoms with E-state index in [4.69, 9.17) is 10.5 Å². The molecule has 138 valence electrons. The summed E-state index contributed by atoms with van der Waals surface area (Å²) in [5.74, 6) is -0.585. The van der Waals surface area contributed by atoms with Gasteiger partial charge in [-0.25, -0.2) is 4.98 Å². The molecule has 27 heavy (non-hydrogen) atoms. The van der Waals surface area contributed by atoms with Gasteiger partial charge in [0.25, 0.3) is 5.91 Å². The van der Waals surface area contributed by atoms with Crippen LogP contribution in [0.3, 0.4) is 0 Å². The van der Waals surface area contributed by atoms with Crippen LogP contribution in [0.25, 0.3) is 11.1 Å². The first-order chi connectivity index (χ1) is 13.0. The maximum atomic E-state index is 12.9. The van der Waals surface area contributed by atoms with Crippen molar-refractivity contribution in [1.29, 1.82) is 5.26 Å². The highest BCUT2D eigenvalue weighted by molar-refractivity contribution is 5.96. The predicted octanol–water partition coefficient (Wildman–Crippen LogP) is 1.97. The number of methoxy groups -OCH3 is 1. The number of carbonyl (C=O) groups is 2. The van der Waals surface area contributed by atoms with Crippen LogP contribution in [0.2, 0.25) is 0 Å². The van der Waals surface area contributed by atoms with Crippen LogP contribution in [0, 0.1) is 17.2 Å². The minimum Gasteiger partial charge on any atom is -0.480 e. The monoisotopic (exact) mass is 364 g/mol. The molecule has 1 aliphatic heterocycles. The standard InChI is InChI=1S/C20H20N4O3/c1-27-19-17(11-21)16(7-8-23-19)13-4-2-5-14(10-13)20(26)24-9-3-6-15(12-24)18(22)25/h2,4-5,7-8,10,15H,3,6,9,12H2,1H3,(H2,22,25). The molecule has 7 heteroatoms. The summed E-state index contributed by atoms with van der Waals surface area (Å²) in [7, 11) is 1.46. The molecule has 2 amide bonds.